The van der Waals surface area contributed by atoms with Crippen molar-refractivity contribution in [1.29, 1.82) is 0 Å². The van der Waals surface area contributed by atoms with Crippen molar-refractivity contribution in [1.82, 2.24) is 5.48 Å². The smallest absolute Gasteiger partial charge is 0.266 e. The average Bonchev–Trinajstić information content (AvgIpc) is 2.53. The molecule has 0 saturated heterocycles. The number of amides is 1. The quantitative estimate of drug-likeness (QED) is 0.342. The van der Waals surface area contributed by atoms with Crippen LogP contribution in [0.15, 0.2) is 41.8 Å². The summed E-state index contributed by atoms with van der Waals surface area (Å²) in [5, 5.41) is 8.93. The fourth-order valence-electron chi connectivity index (χ4n) is 2.05. The Hall–Kier alpha value is -2.30. The molecule has 0 bridgehead atoms. The van der Waals surface area contributed by atoms with Gasteiger partial charge in [-0.1, -0.05) is 6.08 Å². The molecule has 1 atom stereocenters. The molecule has 7 heteroatoms. The lowest BCUT2D eigenvalue weighted by Gasteiger charge is -2.28. The molecule has 0 radical (unpaired) electrons. The van der Waals surface area contributed by atoms with Crippen LogP contribution < -0.4 is 10.2 Å². The Balaban J connectivity index is 3.52. The number of terminal acetylenes is 1. The minimum Gasteiger partial charge on any atom is -0.497 e. The lowest BCUT2D eigenvalue weighted by molar-refractivity contribution is -0.131. The second-order valence-corrected chi connectivity index (χ2v) is 6.75. The fraction of sp³-hybridized carbons (Fsp3) is 0.267. The van der Waals surface area contributed by atoms with Crippen molar-refractivity contribution in [3.05, 3.63) is 36.9 Å². The molecule has 118 valence electrons. The van der Waals surface area contributed by atoms with Crippen LogP contribution in [-0.4, -0.2) is 31.4 Å². The molecule has 2 N–H and O–H groups in total. The third kappa shape index (κ3) is 2.98. The monoisotopic (exact) mass is 323 g/mol. The molecule has 22 heavy (non-hydrogen) atoms. The zero-order valence-electron chi connectivity index (χ0n) is 12.1. The number of methoxy groups -OCH3 is 1. The molecule has 6 nitrogen and oxygen atoms in total. The minimum absolute atomic E-state index is 0.103. The number of sulfone groups is 1. The molecule has 0 heterocycles. The van der Waals surface area contributed by atoms with E-state index in [0.29, 0.717) is 5.75 Å². The van der Waals surface area contributed by atoms with Gasteiger partial charge >= 0.3 is 0 Å². The predicted octanol–water partition coefficient (Wildman–Crippen LogP) is 1.31. The third-order valence-corrected chi connectivity index (χ3v) is 5.68. The van der Waals surface area contributed by atoms with Gasteiger partial charge in [0.25, 0.3) is 5.91 Å². The summed E-state index contributed by atoms with van der Waals surface area (Å²) in [6, 6.07) is 5.54. The Bertz CT molecular complexity index is 688. The number of benzene rings is 1. The van der Waals surface area contributed by atoms with E-state index in [-0.39, 0.29) is 11.3 Å². The predicted molar refractivity (Wildman–Crippen MR) is 81.1 cm³/mol. The number of allylic oxidation sites excluding steroid dienone is 1. The number of hydrogen-bond acceptors (Lipinski definition) is 5. The molecule has 1 amide bonds. The zero-order chi connectivity index (χ0) is 16.8. The molecule has 0 aliphatic carbocycles. The lowest BCUT2D eigenvalue weighted by atomic mass is 10.00. The molecule has 1 rings (SSSR count). The summed E-state index contributed by atoms with van der Waals surface area (Å²) in [6.45, 7) is 3.46. The van der Waals surface area contributed by atoms with Gasteiger partial charge in [-0.2, -0.15) is 0 Å². The van der Waals surface area contributed by atoms with Gasteiger partial charge < -0.3 is 4.74 Å². The maximum absolute atomic E-state index is 12.9. The molecule has 0 aliphatic rings. The van der Waals surface area contributed by atoms with E-state index in [2.05, 4.69) is 12.5 Å². The Morgan fingerprint density at radius 1 is 1.50 bits per heavy atom. The topological polar surface area (TPSA) is 92.7 Å². The summed E-state index contributed by atoms with van der Waals surface area (Å²) in [6.07, 6.45) is 5.86. The summed E-state index contributed by atoms with van der Waals surface area (Å²) in [5.41, 5.74) is 1.39. The van der Waals surface area contributed by atoms with Crippen molar-refractivity contribution in [3.8, 4) is 18.1 Å². The maximum atomic E-state index is 12.9. The lowest BCUT2D eigenvalue weighted by Crippen LogP contribution is -2.51. The minimum atomic E-state index is -4.16. The number of hydroxylamine groups is 1. The van der Waals surface area contributed by atoms with Crippen molar-refractivity contribution in [2.75, 3.05) is 7.11 Å². The van der Waals surface area contributed by atoms with Gasteiger partial charge in [0.2, 0.25) is 0 Å². The highest BCUT2D eigenvalue weighted by Gasteiger charge is 2.50. The molecule has 0 aromatic heterocycles. The molecular formula is C15H17NO5S. The normalized spacial score (nSPS) is 13.5. The van der Waals surface area contributed by atoms with Crippen LogP contribution >= 0.6 is 0 Å². The molecule has 1 aromatic rings. The van der Waals surface area contributed by atoms with Crippen LogP contribution in [0.25, 0.3) is 0 Å². The first kappa shape index (κ1) is 17.8. The fourth-order valence-corrected chi connectivity index (χ4v) is 3.90. The van der Waals surface area contributed by atoms with Crippen molar-refractivity contribution in [3.63, 3.8) is 0 Å². The standard InChI is InChI=1S/C15H17NO5S/c1-4-10-15(11-5-2,14(17)16-18)22(19,20)13-8-6-12(21-3)7-9-13/h1,5-9,18H,2,10-11H2,3H3,(H,16,17). The molecular weight excluding hydrogens is 306 g/mol. The van der Waals surface area contributed by atoms with Crippen LogP contribution in [0.5, 0.6) is 5.75 Å². The summed E-state index contributed by atoms with van der Waals surface area (Å²) in [7, 11) is -2.72. The SMILES string of the molecule is C#CCC(CC=C)(C(=O)NO)S(=O)(=O)c1ccc(OC)cc1. The van der Waals surface area contributed by atoms with Crippen LogP contribution in [0.4, 0.5) is 0 Å². The molecule has 1 unspecified atom stereocenters. The highest BCUT2D eigenvalue weighted by Crippen LogP contribution is 2.33. The van der Waals surface area contributed by atoms with Crippen LogP contribution in [0.3, 0.4) is 0 Å². The summed E-state index contributed by atoms with van der Waals surface area (Å²) in [4.78, 5) is 11.9. The Labute approximate surface area is 129 Å². The van der Waals surface area contributed by atoms with E-state index >= 15 is 0 Å². The molecule has 0 spiro atoms. The number of carbonyl (C=O) groups excluding carboxylic acids is 1. The Morgan fingerprint density at radius 2 is 2.09 bits per heavy atom. The maximum Gasteiger partial charge on any atom is 0.266 e. The molecule has 1 aromatic carbocycles. The Kier molecular flexibility index (Phi) is 5.74. The van der Waals surface area contributed by atoms with Crippen LogP contribution in [0, 0.1) is 12.3 Å². The first-order chi connectivity index (χ1) is 10.4. The van der Waals surface area contributed by atoms with Gasteiger partial charge in [-0.05, 0) is 30.7 Å². The third-order valence-electron chi connectivity index (χ3n) is 3.26. The van der Waals surface area contributed by atoms with Gasteiger partial charge in [-0.25, -0.2) is 13.9 Å². The second-order valence-electron chi connectivity index (χ2n) is 4.49. The van der Waals surface area contributed by atoms with Crippen molar-refractivity contribution >= 4 is 15.7 Å². The number of ether oxygens (including phenoxy) is 1. The first-order valence-electron chi connectivity index (χ1n) is 6.27. The van der Waals surface area contributed by atoms with E-state index in [1.807, 2.05) is 0 Å². The summed E-state index contributed by atoms with van der Waals surface area (Å²) >= 11 is 0. The van der Waals surface area contributed by atoms with Gasteiger partial charge in [0, 0.05) is 6.42 Å². The van der Waals surface area contributed by atoms with Crippen LogP contribution in [0.2, 0.25) is 0 Å². The van der Waals surface area contributed by atoms with Crippen molar-refractivity contribution in [2.45, 2.75) is 22.5 Å². The Morgan fingerprint density at radius 3 is 2.50 bits per heavy atom. The van der Waals surface area contributed by atoms with Gasteiger partial charge in [0.1, 0.15) is 5.75 Å². The highest BCUT2D eigenvalue weighted by atomic mass is 32.2. The van der Waals surface area contributed by atoms with Gasteiger partial charge in [0.15, 0.2) is 14.6 Å². The van der Waals surface area contributed by atoms with Crippen molar-refractivity contribution < 1.29 is 23.2 Å². The number of rotatable bonds is 7. The molecule has 0 aliphatic heterocycles. The summed E-state index contributed by atoms with van der Waals surface area (Å²) < 4.78 is 28.7. The first-order valence-corrected chi connectivity index (χ1v) is 7.75. The zero-order valence-corrected chi connectivity index (χ0v) is 12.9. The van der Waals surface area contributed by atoms with Gasteiger partial charge in [0.05, 0.1) is 12.0 Å². The van der Waals surface area contributed by atoms with Crippen molar-refractivity contribution in [2.24, 2.45) is 0 Å². The number of carbonyl (C=O) groups is 1. The van der Waals surface area contributed by atoms with E-state index in [9.17, 15) is 13.2 Å². The summed E-state index contributed by atoms with van der Waals surface area (Å²) in [5.74, 6) is 1.56. The second kappa shape index (κ2) is 7.11. The largest absolute Gasteiger partial charge is 0.497 e. The van der Waals surface area contributed by atoms with E-state index in [1.165, 1.54) is 42.9 Å². The number of nitrogens with one attached hydrogen (secondary N) is 1. The van der Waals surface area contributed by atoms with Crippen LogP contribution in [-0.2, 0) is 14.6 Å². The van der Waals surface area contributed by atoms with E-state index < -0.39 is 26.9 Å². The van der Waals surface area contributed by atoms with Crippen LogP contribution in [0.1, 0.15) is 12.8 Å². The van der Waals surface area contributed by atoms with Gasteiger partial charge in [-0.15, -0.1) is 18.9 Å². The average molecular weight is 323 g/mol. The van der Waals surface area contributed by atoms with E-state index in [0.717, 1.165) is 0 Å². The molecule has 0 fully saturated rings. The number of hydrogen-bond donors (Lipinski definition) is 2. The highest BCUT2D eigenvalue weighted by molar-refractivity contribution is 7.93. The van der Waals surface area contributed by atoms with E-state index in [1.54, 1.807) is 0 Å². The molecule has 0 saturated carbocycles. The van der Waals surface area contributed by atoms with Gasteiger partial charge in [-0.3, -0.25) is 10.0 Å². The van der Waals surface area contributed by atoms with E-state index in [4.69, 9.17) is 16.4 Å².